The first kappa shape index (κ1) is 6.80. The summed E-state index contributed by atoms with van der Waals surface area (Å²) in [4.78, 5) is 20.6. The molecule has 1 aliphatic rings. The Morgan fingerprint density at radius 2 is 2.50 bits per heavy atom. The molecule has 0 amide bonds. The van der Waals surface area contributed by atoms with E-state index in [-0.39, 0.29) is 18.6 Å². The van der Waals surface area contributed by atoms with Crippen molar-refractivity contribution >= 4 is 11.9 Å². The van der Waals surface area contributed by atoms with Crippen LogP contribution in [0, 0.1) is 0 Å². The Labute approximate surface area is 57.1 Å². The van der Waals surface area contributed by atoms with Gasteiger partial charge in [-0.2, -0.15) is 0 Å². The van der Waals surface area contributed by atoms with E-state index in [9.17, 15) is 9.59 Å². The zero-order valence-corrected chi connectivity index (χ0v) is 5.16. The molecule has 0 unspecified atom stereocenters. The van der Waals surface area contributed by atoms with Gasteiger partial charge in [-0.25, -0.2) is 4.79 Å². The smallest absolute Gasteiger partial charge is 0.334 e. The first-order valence-electron chi connectivity index (χ1n) is 2.78. The molecule has 0 aromatic heterocycles. The predicted octanol–water partition coefficient (Wildman–Crippen LogP) is -0.0557. The molecule has 0 aromatic rings. The Morgan fingerprint density at radius 1 is 1.80 bits per heavy atom. The molecule has 4 nitrogen and oxygen atoms in total. The van der Waals surface area contributed by atoms with E-state index in [1.807, 2.05) is 0 Å². The molecule has 1 N–H and O–H groups in total. The van der Waals surface area contributed by atoms with Crippen LogP contribution in [0.4, 0.5) is 0 Å². The van der Waals surface area contributed by atoms with E-state index < -0.39 is 11.9 Å². The third kappa shape index (κ3) is 1.34. The van der Waals surface area contributed by atoms with Crippen molar-refractivity contribution in [2.45, 2.75) is 6.42 Å². The Bertz CT molecular complexity index is 204. The van der Waals surface area contributed by atoms with Gasteiger partial charge in [-0.3, -0.25) is 4.79 Å². The van der Waals surface area contributed by atoms with E-state index in [2.05, 4.69) is 4.74 Å². The zero-order valence-electron chi connectivity index (χ0n) is 5.16. The molecule has 1 rings (SSSR count). The summed E-state index contributed by atoms with van der Waals surface area (Å²) in [5.74, 6) is -1.52. The second kappa shape index (κ2) is 2.51. The molecule has 0 saturated carbocycles. The Hall–Kier alpha value is -1.32. The van der Waals surface area contributed by atoms with Crippen molar-refractivity contribution in [2.24, 2.45) is 0 Å². The van der Waals surface area contributed by atoms with Crippen molar-refractivity contribution in [3.8, 4) is 0 Å². The van der Waals surface area contributed by atoms with Gasteiger partial charge in [0, 0.05) is 5.57 Å². The van der Waals surface area contributed by atoms with E-state index >= 15 is 0 Å². The summed E-state index contributed by atoms with van der Waals surface area (Å²) in [6, 6.07) is 0. The third-order valence-electron chi connectivity index (χ3n) is 1.15. The number of rotatable bonds is 2. The summed E-state index contributed by atoms with van der Waals surface area (Å²) in [7, 11) is 0. The molecule has 0 atom stereocenters. The number of carbonyl (C=O) groups excluding carboxylic acids is 1. The van der Waals surface area contributed by atoms with E-state index in [0.717, 1.165) is 0 Å². The third-order valence-corrected chi connectivity index (χ3v) is 1.15. The van der Waals surface area contributed by atoms with Crippen molar-refractivity contribution < 1.29 is 19.4 Å². The standard InChI is InChI=1S/C6H6O4/c7-5(8)3-4-1-2-10-6(4)9/h1H,2-3H2,(H,7,8). The topological polar surface area (TPSA) is 63.6 Å². The number of esters is 1. The minimum absolute atomic E-state index is 0.210. The van der Waals surface area contributed by atoms with Crippen molar-refractivity contribution in [3.05, 3.63) is 11.6 Å². The Morgan fingerprint density at radius 3 is 2.90 bits per heavy atom. The van der Waals surface area contributed by atoms with Crippen LogP contribution >= 0.6 is 0 Å². The van der Waals surface area contributed by atoms with Gasteiger partial charge in [0.25, 0.3) is 0 Å². The lowest BCUT2D eigenvalue weighted by atomic mass is 10.2. The lowest BCUT2D eigenvalue weighted by molar-refractivity contribution is -0.140. The van der Waals surface area contributed by atoms with Crippen LogP contribution < -0.4 is 0 Å². The van der Waals surface area contributed by atoms with Crippen LogP contribution in [0.25, 0.3) is 0 Å². The maximum atomic E-state index is 10.6. The first-order chi connectivity index (χ1) is 4.70. The molecule has 4 heteroatoms. The van der Waals surface area contributed by atoms with Gasteiger partial charge in [-0.15, -0.1) is 0 Å². The normalized spacial score (nSPS) is 16.4. The fourth-order valence-electron chi connectivity index (χ4n) is 0.701. The van der Waals surface area contributed by atoms with E-state index in [4.69, 9.17) is 5.11 Å². The van der Waals surface area contributed by atoms with Crippen LogP contribution in [-0.2, 0) is 14.3 Å². The van der Waals surface area contributed by atoms with Crippen molar-refractivity contribution in [1.82, 2.24) is 0 Å². The number of hydrogen-bond donors (Lipinski definition) is 1. The highest BCUT2D eigenvalue weighted by atomic mass is 16.5. The molecule has 10 heavy (non-hydrogen) atoms. The lowest BCUT2D eigenvalue weighted by Crippen LogP contribution is -2.04. The minimum Gasteiger partial charge on any atom is -0.481 e. The summed E-state index contributed by atoms with van der Waals surface area (Å²) < 4.78 is 4.47. The van der Waals surface area contributed by atoms with Crippen LogP contribution in [0.2, 0.25) is 0 Å². The fraction of sp³-hybridized carbons (Fsp3) is 0.333. The number of aliphatic carboxylic acids is 1. The largest absolute Gasteiger partial charge is 0.481 e. The zero-order chi connectivity index (χ0) is 7.56. The molecule has 0 saturated heterocycles. The predicted molar refractivity (Wildman–Crippen MR) is 31.3 cm³/mol. The molecule has 0 aromatic carbocycles. The second-order valence-corrected chi connectivity index (χ2v) is 1.90. The van der Waals surface area contributed by atoms with E-state index in [1.54, 1.807) is 0 Å². The van der Waals surface area contributed by atoms with Gasteiger partial charge in [-0.05, 0) is 6.08 Å². The van der Waals surface area contributed by atoms with Gasteiger partial charge in [0.05, 0.1) is 6.42 Å². The highest BCUT2D eigenvalue weighted by Crippen LogP contribution is 2.09. The quantitative estimate of drug-likeness (QED) is 0.549. The summed E-state index contributed by atoms with van der Waals surface area (Å²) in [6.45, 7) is 0.210. The van der Waals surface area contributed by atoms with Gasteiger partial charge in [0.15, 0.2) is 0 Å². The summed E-state index contributed by atoms with van der Waals surface area (Å²) in [5, 5.41) is 8.24. The molecule has 0 fully saturated rings. The number of carboxylic acid groups (broad SMARTS) is 1. The second-order valence-electron chi connectivity index (χ2n) is 1.90. The van der Waals surface area contributed by atoms with Gasteiger partial charge in [0.1, 0.15) is 6.61 Å². The maximum absolute atomic E-state index is 10.6. The number of ether oxygens (including phenoxy) is 1. The summed E-state index contributed by atoms with van der Waals surface area (Å²) >= 11 is 0. The van der Waals surface area contributed by atoms with Crippen molar-refractivity contribution in [3.63, 3.8) is 0 Å². The summed E-state index contributed by atoms with van der Waals surface area (Å²) in [6.07, 6.45) is 1.25. The van der Waals surface area contributed by atoms with Crippen molar-refractivity contribution in [1.29, 1.82) is 0 Å². The molecule has 0 spiro atoms. The van der Waals surface area contributed by atoms with Crippen LogP contribution in [-0.4, -0.2) is 23.7 Å². The average molecular weight is 142 g/mol. The van der Waals surface area contributed by atoms with Gasteiger partial charge < -0.3 is 9.84 Å². The molecular formula is C6H6O4. The molecule has 1 heterocycles. The first-order valence-corrected chi connectivity index (χ1v) is 2.78. The van der Waals surface area contributed by atoms with Gasteiger partial charge in [-0.1, -0.05) is 0 Å². The van der Waals surface area contributed by atoms with Crippen LogP contribution in [0.5, 0.6) is 0 Å². The Balaban J connectivity index is 2.56. The SMILES string of the molecule is O=C(O)CC1=CCOC1=O. The Kier molecular flexibility index (Phi) is 1.71. The number of carboxylic acids is 1. The van der Waals surface area contributed by atoms with Gasteiger partial charge in [0.2, 0.25) is 0 Å². The maximum Gasteiger partial charge on any atom is 0.334 e. The molecule has 0 aliphatic carbocycles. The average Bonchev–Trinajstić information content (AvgIpc) is 2.15. The number of cyclic esters (lactones) is 1. The lowest BCUT2D eigenvalue weighted by Gasteiger charge is -1.92. The monoisotopic (exact) mass is 142 g/mol. The number of carbonyl (C=O) groups is 2. The highest BCUT2D eigenvalue weighted by Gasteiger charge is 2.18. The highest BCUT2D eigenvalue weighted by molar-refractivity contribution is 5.94. The van der Waals surface area contributed by atoms with Crippen LogP contribution in [0.15, 0.2) is 11.6 Å². The van der Waals surface area contributed by atoms with E-state index in [0.29, 0.717) is 0 Å². The van der Waals surface area contributed by atoms with Crippen LogP contribution in [0.3, 0.4) is 0 Å². The molecule has 0 bridgehead atoms. The van der Waals surface area contributed by atoms with Crippen molar-refractivity contribution in [2.75, 3.05) is 6.61 Å². The molecular weight excluding hydrogens is 136 g/mol. The molecule has 0 radical (unpaired) electrons. The fourth-order valence-corrected chi connectivity index (χ4v) is 0.701. The van der Waals surface area contributed by atoms with E-state index in [1.165, 1.54) is 6.08 Å². The number of hydrogen-bond acceptors (Lipinski definition) is 3. The van der Waals surface area contributed by atoms with Gasteiger partial charge >= 0.3 is 11.9 Å². The minimum atomic E-state index is -1.01. The summed E-state index contributed by atoms with van der Waals surface area (Å²) in [5.41, 5.74) is 0.243. The van der Waals surface area contributed by atoms with Crippen LogP contribution in [0.1, 0.15) is 6.42 Å². The molecule has 1 aliphatic heterocycles. The molecule has 54 valence electrons.